The first kappa shape index (κ1) is 18.5. The molecule has 0 fully saturated rings. The molecular weight excluding hydrogens is 357 g/mol. The summed E-state index contributed by atoms with van der Waals surface area (Å²) in [4.78, 5) is 23.4. The van der Waals surface area contributed by atoms with Crippen molar-refractivity contribution >= 4 is 29.5 Å². The minimum Gasteiger partial charge on any atom is -0.268 e. The van der Waals surface area contributed by atoms with Crippen molar-refractivity contribution in [2.75, 3.05) is 0 Å². The molecule has 0 aromatic heterocycles. The Morgan fingerprint density at radius 3 is 2.40 bits per heavy atom. The molecule has 8 heteroatoms. The van der Waals surface area contributed by atoms with Crippen molar-refractivity contribution < 1.29 is 22.8 Å². The summed E-state index contributed by atoms with van der Waals surface area (Å²) in [5.41, 5.74) is 3.92. The molecule has 2 aromatic carbocycles. The van der Waals surface area contributed by atoms with E-state index in [4.69, 9.17) is 11.6 Å². The lowest BCUT2D eigenvalue weighted by molar-refractivity contribution is -0.137. The number of halogens is 4. The van der Waals surface area contributed by atoms with Crippen molar-refractivity contribution in [3.63, 3.8) is 0 Å². The lowest BCUT2D eigenvalue weighted by Gasteiger charge is -2.07. The van der Waals surface area contributed by atoms with Gasteiger partial charge in [0.1, 0.15) is 0 Å². The highest BCUT2D eigenvalue weighted by molar-refractivity contribution is 6.30. The molecular formula is C17H12ClF3N2O2. The maximum Gasteiger partial charge on any atom is 0.416 e. The van der Waals surface area contributed by atoms with Gasteiger partial charge in [-0.15, -0.1) is 0 Å². The van der Waals surface area contributed by atoms with Crippen LogP contribution in [0.15, 0.2) is 54.6 Å². The van der Waals surface area contributed by atoms with E-state index in [0.29, 0.717) is 5.02 Å². The average molecular weight is 369 g/mol. The molecule has 0 bridgehead atoms. The second-order valence-electron chi connectivity index (χ2n) is 4.91. The molecule has 0 unspecified atom stereocenters. The molecule has 2 aromatic rings. The summed E-state index contributed by atoms with van der Waals surface area (Å²) in [7, 11) is 0. The van der Waals surface area contributed by atoms with Gasteiger partial charge in [0, 0.05) is 16.7 Å². The first-order valence-corrected chi connectivity index (χ1v) is 7.35. The SMILES string of the molecule is O=C(/C=C/c1cccc(C(F)(F)F)c1)NNC(=O)c1cccc(Cl)c1. The lowest BCUT2D eigenvalue weighted by Crippen LogP contribution is -2.40. The standard InChI is InChI=1S/C17H12ClF3N2O2/c18-14-6-2-4-12(10-14)16(25)23-22-15(24)8-7-11-3-1-5-13(9-11)17(19,20)21/h1-10H,(H,22,24)(H,23,25)/b8-7+. The Hall–Kier alpha value is -2.80. The summed E-state index contributed by atoms with van der Waals surface area (Å²) in [6, 6.07) is 10.6. The summed E-state index contributed by atoms with van der Waals surface area (Å²) in [6.45, 7) is 0. The third kappa shape index (κ3) is 5.65. The average Bonchev–Trinajstić information content (AvgIpc) is 2.57. The Balaban J connectivity index is 1.94. The molecule has 25 heavy (non-hydrogen) atoms. The van der Waals surface area contributed by atoms with Crippen molar-refractivity contribution in [2.24, 2.45) is 0 Å². The zero-order valence-electron chi connectivity index (χ0n) is 12.6. The van der Waals surface area contributed by atoms with Crippen molar-refractivity contribution in [1.82, 2.24) is 10.9 Å². The van der Waals surface area contributed by atoms with Gasteiger partial charge >= 0.3 is 6.18 Å². The van der Waals surface area contributed by atoms with Gasteiger partial charge in [-0.3, -0.25) is 20.4 Å². The van der Waals surface area contributed by atoms with Gasteiger partial charge in [0.05, 0.1) is 5.56 Å². The van der Waals surface area contributed by atoms with Gasteiger partial charge in [0.2, 0.25) is 0 Å². The highest BCUT2D eigenvalue weighted by Gasteiger charge is 2.30. The lowest BCUT2D eigenvalue weighted by atomic mass is 10.1. The summed E-state index contributed by atoms with van der Waals surface area (Å²) < 4.78 is 37.8. The Morgan fingerprint density at radius 1 is 1.00 bits per heavy atom. The van der Waals surface area contributed by atoms with Crippen LogP contribution in [0.5, 0.6) is 0 Å². The van der Waals surface area contributed by atoms with Crippen LogP contribution in [0.2, 0.25) is 5.02 Å². The molecule has 0 aliphatic heterocycles. The van der Waals surface area contributed by atoms with E-state index >= 15 is 0 Å². The number of alkyl halides is 3. The molecule has 0 heterocycles. The van der Waals surface area contributed by atoms with E-state index in [1.54, 1.807) is 12.1 Å². The highest BCUT2D eigenvalue weighted by atomic mass is 35.5. The van der Waals surface area contributed by atoms with Crippen molar-refractivity contribution in [1.29, 1.82) is 0 Å². The van der Waals surface area contributed by atoms with Crippen LogP contribution in [0.3, 0.4) is 0 Å². The summed E-state index contributed by atoms with van der Waals surface area (Å²) >= 11 is 5.76. The van der Waals surface area contributed by atoms with Crippen LogP contribution in [0, 0.1) is 0 Å². The van der Waals surface area contributed by atoms with E-state index in [9.17, 15) is 22.8 Å². The molecule has 0 radical (unpaired) electrons. The second-order valence-corrected chi connectivity index (χ2v) is 5.35. The monoisotopic (exact) mass is 368 g/mol. The summed E-state index contributed by atoms with van der Waals surface area (Å²) in [6.07, 6.45) is -2.25. The number of rotatable bonds is 3. The van der Waals surface area contributed by atoms with Gasteiger partial charge in [-0.1, -0.05) is 29.8 Å². The molecule has 2 rings (SSSR count). The molecule has 4 nitrogen and oxygen atoms in total. The maximum absolute atomic E-state index is 12.6. The zero-order chi connectivity index (χ0) is 18.4. The van der Waals surface area contributed by atoms with Crippen LogP contribution in [0.25, 0.3) is 6.08 Å². The molecule has 0 atom stereocenters. The van der Waals surface area contributed by atoms with Gasteiger partial charge in [-0.25, -0.2) is 0 Å². The second kappa shape index (κ2) is 7.85. The normalized spacial score (nSPS) is 11.4. The van der Waals surface area contributed by atoms with Crippen molar-refractivity contribution in [2.45, 2.75) is 6.18 Å². The summed E-state index contributed by atoms with van der Waals surface area (Å²) in [5, 5.41) is 0.364. The Bertz CT molecular complexity index is 820. The minimum absolute atomic E-state index is 0.200. The number of hydrogen-bond donors (Lipinski definition) is 2. The number of benzene rings is 2. The Morgan fingerprint density at radius 2 is 1.72 bits per heavy atom. The number of amides is 2. The first-order chi connectivity index (χ1) is 11.8. The Kier molecular flexibility index (Phi) is 5.82. The molecule has 0 aliphatic rings. The van der Waals surface area contributed by atoms with Crippen LogP contribution >= 0.6 is 11.6 Å². The van der Waals surface area contributed by atoms with E-state index in [0.717, 1.165) is 18.2 Å². The Labute approximate surface area is 146 Å². The predicted octanol–water partition coefficient (Wildman–Crippen LogP) is 3.83. The molecule has 130 valence electrons. The van der Waals surface area contributed by atoms with Crippen molar-refractivity contribution in [3.05, 3.63) is 76.3 Å². The fourth-order valence-corrected chi connectivity index (χ4v) is 2.04. The van der Waals surface area contributed by atoms with Gasteiger partial charge < -0.3 is 0 Å². The van der Waals surface area contributed by atoms with E-state index in [1.165, 1.54) is 30.3 Å². The fourth-order valence-electron chi connectivity index (χ4n) is 1.85. The number of hydrazine groups is 1. The zero-order valence-corrected chi connectivity index (χ0v) is 13.4. The number of carbonyl (C=O) groups is 2. The predicted molar refractivity (Wildman–Crippen MR) is 87.5 cm³/mol. The molecule has 2 N–H and O–H groups in total. The van der Waals surface area contributed by atoms with E-state index in [1.807, 2.05) is 0 Å². The molecule has 0 aliphatic carbocycles. The fraction of sp³-hybridized carbons (Fsp3) is 0.0588. The van der Waals surface area contributed by atoms with Crippen LogP contribution in [0.1, 0.15) is 21.5 Å². The van der Waals surface area contributed by atoms with Crippen LogP contribution in [0.4, 0.5) is 13.2 Å². The minimum atomic E-state index is -4.46. The third-order valence-corrected chi connectivity index (χ3v) is 3.26. The smallest absolute Gasteiger partial charge is 0.268 e. The van der Waals surface area contributed by atoms with Gasteiger partial charge in [0.15, 0.2) is 0 Å². The van der Waals surface area contributed by atoms with E-state index in [-0.39, 0.29) is 11.1 Å². The van der Waals surface area contributed by atoms with Crippen LogP contribution in [-0.2, 0) is 11.0 Å². The number of nitrogens with one attached hydrogen (secondary N) is 2. The summed E-state index contributed by atoms with van der Waals surface area (Å²) in [5.74, 6) is -1.28. The highest BCUT2D eigenvalue weighted by Crippen LogP contribution is 2.29. The third-order valence-electron chi connectivity index (χ3n) is 3.03. The van der Waals surface area contributed by atoms with Crippen LogP contribution in [-0.4, -0.2) is 11.8 Å². The molecule has 0 saturated heterocycles. The van der Waals surface area contributed by atoms with E-state index in [2.05, 4.69) is 10.9 Å². The maximum atomic E-state index is 12.6. The largest absolute Gasteiger partial charge is 0.416 e. The van der Waals surface area contributed by atoms with Gasteiger partial charge in [-0.05, 0) is 42.0 Å². The van der Waals surface area contributed by atoms with Gasteiger partial charge in [0.25, 0.3) is 11.8 Å². The molecule has 0 spiro atoms. The molecule has 0 saturated carbocycles. The first-order valence-electron chi connectivity index (χ1n) is 6.97. The topological polar surface area (TPSA) is 58.2 Å². The van der Waals surface area contributed by atoms with Crippen LogP contribution < -0.4 is 10.9 Å². The van der Waals surface area contributed by atoms with Crippen molar-refractivity contribution in [3.8, 4) is 0 Å². The number of hydrogen-bond acceptors (Lipinski definition) is 2. The van der Waals surface area contributed by atoms with Gasteiger partial charge in [-0.2, -0.15) is 13.2 Å². The molecule has 2 amide bonds. The van der Waals surface area contributed by atoms with E-state index < -0.39 is 23.6 Å². The quantitative estimate of drug-likeness (QED) is 0.639. The number of carbonyl (C=O) groups excluding carboxylic acids is 2.